The van der Waals surface area contributed by atoms with E-state index in [9.17, 15) is 19.4 Å². The molecule has 0 aromatic carbocycles. The molecule has 0 saturated heterocycles. The van der Waals surface area contributed by atoms with Gasteiger partial charge in [-0.25, -0.2) is 0 Å². The lowest BCUT2D eigenvalue weighted by atomic mass is 10.1. The highest BCUT2D eigenvalue weighted by Gasteiger charge is 2.22. The molecule has 0 aliphatic carbocycles. The number of aliphatic hydroxyl groups is 1. The molecule has 0 heterocycles. The summed E-state index contributed by atoms with van der Waals surface area (Å²) in [6, 6.07) is -0.875. The van der Waals surface area contributed by atoms with E-state index in [1.807, 2.05) is 21.1 Å². The Kier molecular flexibility index (Phi) is 11.4. The number of aliphatic hydroxyl groups excluding tert-OH is 1. The summed E-state index contributed by atoms with van der Waals surface area (Å²) < 4.78 is 22.0. The normalized spacial score (nSPS) is 17.2. The zero-order valence-electron chi connectivity index (χ0n) is 15.9. The van der Waals surface area contributed by atoms with Gasteiger partial charge < -0.3 is 28.8 Å². The second kappa shape index (κ2) is 11.8. The van der Waals surface area contributed by atoms with Gasteiger partial charge in [-0.05, 0) is 6.42 Å². The van der Waals surface area contributed by atoms with Gasteiger partial charge in [0.1, 0.15) is 13.2 Å². The number of hydrogen-bond acceptors (Lipinski definition) is 6. The van der Waals surface area contributed by atoms with E-state index in [-0.39, 0.29) is 12.5 Å². The summed E-state index contributed by atoms with van der Waals surface area (Å²) in [4.78, 5) is 23.1. The van der Waals surface area contributed by atoms with E-state index in [1.165, 1.54) is 13.0 Å². The van der Waals surface area contributed by atoms with Crippen LogP contribution in [0.3, 0.4) is 0 Å². The number of phosphoric acid groups is 1. The monoisotopic (exact) mass is 380 g/mol. The van der Waals surface area contributed by atoms with Crippen LogP contribution in [-0.2, 0) is 18.4 Å². The van der Waals surface area contributed by atoms with Crippen molar-refractivity contribution in [2.45, 2.75) is 45.3 Å². The summed E-state index contributed by atoms with van der Waals surface area (Å²) >= 11 is 0. The number of allylic oxidation sites excluding steroid dienone is 1. The Bertz CT molecular complexity index is 464. The number of nitrogens with one attached hydrogen (secondary N) is 1. The molecule has 8 nitrogen and oxygen atoms in total. The van der Waals surface area contributed by atoms with Crippen LogP contribution < -0.4 is 10.2 Å². The molecule has 0 aromatic heterocycles. The van der Waals surface area contributed by atoms with E-state index in [0.29, 0.717) is 11.0 Å². The van der Waals surface area contributed by atoms with Crippen LogP contribution >= 0.6 is 7.82 Å². The number of likely N-dealkylation sites (N-methyl/N-ethyl adjacent to an activating group) is 1. The highest BCUT2D eigenvalue weighted by Crippen LogP contribution is 2.38. The largest absolute Gasteiger partial charge is 0.756 e. The molecule has 0 fully saturated rings. The number of phosphoric ester groups is 1. The summed E-state index contributed by atoms with van der Waals surface area (Å²) in [5.41, 5.74) is 0. The molecule has 0 radical (unpaired) electrons. The molecule has 1 amide bonds. The quantitative estimate of drug-likeness (QED) is 0.212. The van der Waals surface area contributed by atoms with Crippen molar-refractivity contribution in [3.05, 3.63) is 12.2 Å². The van der Waals surface area contributed by atoms with Gasteiger partial charge in [0.25, 0.3) is 7.82 Å². The molecule has 0 aliphatic heterocycles. The molecule has 3 unspecified atom stereocenters. The molecule has 2 N–H and O–H groups in total. The number of hydrogen-bond donors (Lipinski definition) is 2. The number of rotatable bonds is 13. The van der Waals surface area contributed by atoms with Crippen LogP contribution in [0.5, 0.6) is 0 Å². The van der Waals surface area contributed by atoms with Gasteiger partial charge in [0.15, 0.2) is 0 Å². The van der Waals surface area contributed by atoms with Gasteiger partial charge in [0.2, 0.25) is 5.91 Å². The summed E-state index contributed by atoms with van der Waals surface area (Å²) in [6.45, 7) is 3.43. The number of carbonyl (C=O) groups excluding carboxylic acids is 1. The van der Waals surface area contributed by atoms with E-state index in [4.69, 9.17) is 9.05 Å². The number of amides is 1. The molecule has 0 saturated carbocycles. The summed E-state index contributed by atoms with van der Waals surface area (Å²) in [5.74, 6) is -0.388. The maximum absolute atomic E-state index is 11.8. The first-order valence-electron chi connectivity index (χ1n) is 8.49. The predicted molar refractivity (Wildman–Crippen MR) is 94.7 cm³/mol. The van der Waals surface area contributed by atoms with Crippen LogP contribution in [0.25, 0.3) is 0 Å². The highest BCUT2D eigenvalue weighted by atomic mass is 31.2. The highest BCUT2D eigenvalue weighted by molar-refractivity contribution is 7.45. The van der Waals surface area contributed by atoms with Crippen molar-refractivity contribution in [2.75, 3.05) is 40.9 Å². The molecule has 25 heavy (non-hydrogen) atoms. The van der Waals surface area contributed by atoms with E-state index < -0.39 is 26.6 Å². The van der Waals surface area contributed by atoms with E-state index in [1.54, 1.807) is 6.08 Å². The molecule has 3 atom stereocenters. The lowest BCUT2D eigenvalue weighted by molar-refractivity contribution is -0.870. The van der Waals surface area contributed by atoms with Gasteiger partial charge in [-0.2, -0.15) is 0 Å². The minimum Gasteiger partial charge on any atom is -0.756 e. The molecular weight excluding hydrogens is 347 g/mol. The van der Waals surface area contributed by atoms with Crippen molar-refractivity contribution in [1.82, 2.24) is 5.32 Å². The van der Waals surface area contributed by atoms with Crippen LogP contribution in [0.1, 0.15) is 33.1 Å². The Balaban J connectivity index is 4.56. The van der Waals surface area contributed by atoms with E-state index in [2.05, 4.69) is 12.2 Å². The van der Waals surface area contributed by atoms with Gasteiger partial charge >= 0.3 is 0 Å². The van der Waals surface area contributed by atoms with Crippen molar-refractivity contribution in [1.29, 1.82) is 0 Å². The molecule has 9 heteroatoms. The smallest absolute Gasteiger partial charge is 0.268 e. The standard InChI is InChI=1S/C16H33N2O6P/c1-6-7-8-9-10-16(20)15(17-14(2)19)13-24-25(21,22)23-12-11-18(3,4)5/h9-10,15-16,20H,6-8,11-13H2,1-5H3,(H-,17,19,21,22)/b10-9+. The van der Waals surface area contributed by atoms with Crippen molar-refractivity contribution >= 4 is 13.7 Å². The second-order valence-electron chi connectivity index (χ2n) is 6.96. The minimum absolute atomic E-state index is 0.00540. The van der Waals surface area contributed by atoms with Crippen molar-refractivity contribution in [3.63, 3.8) is 0 Å². The maximum Gasteiger partial charge on any atom is 0.268 e. The van der Waals surface area contributed by atoms with Gasteiger partial charge in [0.05, 0.1) is 39.9 Å². The van der Waals surface area contributed by atoms with E-state index in [0.717, 1.165) is 19.3 Å². The zero-order valence-corrected chi connectivity index (χ0v) is 16.8. The van der Waals surface area contributed by atoms with Crippen molar-refractivity contribution < 1.29 is 32.9 Å². The third kappa shape index (κ3) is 14.1. The fourth-order valence-electron chi connectivity index (χ4n) is 1.81. The first kappa shape index (κ1) is 24.2. The van der Waals surface area contributed by atoms with Gasteiger partial charge in [-0.15, -0.1) is 0 Å². The van der Waals surface area contributed by atoms with Crippen LogP contribution in [0.15, 0.2) is 12.2 Å². The summed E-state index contributed by atoms with van der Waals surface area (Å²) in [5, 5.41) is 12.6. The topological polar surface area (TPSA) is 108 Å². The number of quaternary nitrogens is 1. The van der Waals surface area contributed by atoms with E-state index >= 15 is 0 Å². The Morgan fingerprint density at radius 3 is 2.52 bits per heavy atom. The molecule has 0 rings (SSSR count). The van der Waals surface area contributed by atoms with Crippen molar-refractivity contribution in [3.8, 4) is 0 Å². The van der Waals surface area contributed by atoms with Crippen LogP contribution in [0.2, 0.25) is 0 Å². The molecular formula is C16H33N2O6P. The Morgan fingerprint density at radius 1 is 1.36 bits per heavy atom. The fraction of sp³-hybridized carbons (Fsp3) is 0.812. The Labute approximate surface area is 151 Å². The molecule has 148 valence electrons. The molecule has 0 aliphatic rings. The SMILES string of the molecule is CCCC/C=C/C(O)C(COP(=O)([O-])OCC[N+](C)(C)C)NC(C)=O. The number of nitrogens with zero attached hydrogens (tertiary/aromatic N) is 1. The van der Waals surface area contributed by atoms with Crippen molar-refractivity contribution in [2.24, 2.45) is 0 Å². The lowest BCUT2D eigenvalue weighted by Gasteiger charge is -2.29. The fourth-order valence-corrected chi connectivity index (χ4v) is 2.54. The minimum atomic E-state index is -4.50. The van der Waals surface area contributed by atoms with Crippen LogP contribution in [0, 0.1) is 0 Å². The molecule has 0 spiro atoms. The lowest BCUT2D eigenvalue weighted by Crippen LogP contribution is -2.45. The summed E-state index contributed by atoms with van der Waals surface area (Å²) in [7, 11) is 1.23. The Morgan fingerprint density at radius 2 is 2.00 bits per heavy atom. The third-order valence-corrected chi connectivity index (χ3v) is 4.25. The molecule has 0 bridgehead atoms. The van der Waals surface area contributed by atoms with Gasteiger partial charge in [0, 0.05) is 6.92 Å². The third-order valence-electron chi connectivity index (χ3n) is 3.28. The Hall–Kier alpha value is -0.760. The second-order valence-corrected chi connectivity index (χ2v) is 8.37. The molecule has 0 aromatic rings. The zero-order chi connectivity index (χ0) is 19.5. The van der Waals surface area contributed by atoms with Gasteiger partial charge in [-0.1, -0.05) is 31.9 Å². The average molecular weight is 380 g/mol. The first-order valence-corrected chi connectivity index (χ1v) is 9.95. The van der Waals surface area contributed by atoms with Crippen LogP contribution in [-0.4, -0.2) is 68.5 Å². The summed E-state index contributed by atoms with van der Waals surface area (Å²) in [6.07, 6.45) is 5.11. The van der Waals surface area contributed by atoms with Gasteiger partial charge in [-0.3, -0.25) is 9.36 Å². The predicted octanol–water partition coefficient (Wildman–Crippen LogP) is 0.806. The number of carbonyl (C=O) groups is 1. The number of unbranched alkanes of at least 4 members (excludes halogenated alkanes) is 2. The maximum atomic E-state index is 11.8. The first-order chi connectivity index (χ1) is 11.5. The van der Waals surface area contributed by atoms with Crippen LogP contribution in [0.4, 0.5) is 0 Å². The average Bonchev–Trinajstić information content (AvgIpc) is 2.45.